The van der Waals surface area contributed by atoms with Crippen LogP contribution in [0.4, 0.5) is 5.69 Å². The first kappa shape index (κ1) is 12.8. The third-order valence-corrected chi connectivity index (χ3v) is 3.56. The number of nitrogens with two attached hydrogens (primary N) is 1. The van der Waals surface area contributed by atoms with Gasteiger partial charge in [-0.2, -0.15) is 0 Å². The molecule has 0 spiro atoms. The van der Waals surface area contributed by atoms with Crippen LogP contribution in [-0.4, -0.2) is 17.6 Å². The van der Waals surface area contributed by atoms with Gasteiger partial charge in [0.05, 0.1) is 11.0 Å². The van der Waals surface area contributed by atoms with Gasteiger partial charge in [0.15, 0.2) is 0 Å². The summed E-state index contributed by atoms with van der Waals surface area (Å²) in [6.45, 7) is 2.33. The lowest BCUT2D eigenvalue weighted by atomic mass is 10.1. The molecule has 1 aromatic carbocycles. The van der Waals surface area contributed by atoms with E-state index in [1.807, 2.05) is 0 Å². The molecule has 0 saturated heterocycles. The molecule has 1 aliphatic rings. The van der Waals surface area contributed by atoms with Crippen molar-refractivity contribution in [1.29, 1.82) is 0 Å². The normalized spacial score (nSPS) is 23.0. The summed E-state index contributed by atoms with van der Waals surface area (Å²) in [4.78, 5) is 10.5. The maximum Gasteiger partial charge on any atom is 0.276 e. The predicted octanol–water partition coefficient (Wildman–Crippen LogP) is 2.41. The van der Waals surface area contributed by atoms with Crippen LogP contribution in [0.1, 0.15) is 24.8 Å². The quantitative estimate of drug-likeness (QED) is 0.657. The van der Waals surface area contributed by atoms with Crippen molar-refractivity contribution in [2.75, 3.05) is 6.54 Å². The Morgan fingerprint density at radius 2 is 2.28 bits per heavy atom. The maximum atomic E-state index is 10.9. The Labute approximate surface area is 106 Å². The van der Waals surface area contributed by atoms with Crippen molar-refractivity contribution >= 4 is 5.69 Å². The summed E-state index contributed by atoms with van der Waals surface area (Å²) in [5.74, 6) is 0.933. The van der Waals surface area contributed by atoms with Crippen LogP contribution < -0.4 is 10.5 Å². The standard InChI is InChI=1S/C13H18N2O3/c1-9-5-6-11(7-12(9)15(16)17)18-13-4-2-3-10(13)8-14/h5-7,10,13H,2-4,8,14H2,1H3. The monoisotopic (exact) mass is 250 g/mol. The van der Waals surface area contributed by atoms with E-state index < -0.39 is 0 Å². The number of ether oxygens (including phenoxy) is 1. The van der Waals surface area contributed by atoms with Gasteiger partial charge >= 0.3 is 0 Å². The zero-order valence-corrected chi connectivity index (χ0v) is 10.5. The van der Waals surface area contributed by atoms with E-state index in [9.17, 15) is 10.1 Å². The summed E-state index contributed by atoms with van der Waals surface area (Å²) in [6, 6.07) is 5.01. The van der Waals surface area contributed by atoms with Crippen molar-refractivity contribution in [1.82, 2.24) is 0 Å². The van der Waals surface area contributed by atoms with Crippen molar-refractivity contribution in [3.63, 3.8) is 0 Å². The van der Waals surface area contributed by atoms with Crippen LogP contribution in [0, 0.1) is 23.0 Å². The topological polar surface area (TPSA) is 78.4 Å². The van der Waals surface area contributed by atoms with E-state index in [0.717, 1.165) is 19.3 Å². The van der Waals surface area contributed by atoms with E-state index >= 15 is 0 Å². The van der Waals surface area contributed by atoms with Crippen LogP contribution in [-0.2, 0) is 0 Å². The zero-order chi connectivity index (χ0) is 13.1. The first-order valence-electron chi connectivity index (χ1n) is 6.23. The number of nitro groups is 1. The van der Waals surface area contributed by atoms with Crippen LogP contribution in [0.25, 0.3) is 0 Å². The smallest absolute Gasteiger partial charge is 0.276 e. The molecular weight excluding hydrogens is 232 g/mol. The fourth-order valence-corrected chi connectivity index (χ4v) is 2.46. The molecule has 2 rings (SSSR count). The van der Waals surface area contributed by atoms with Crippen molar-refractivity contribution in [3.05, 3.63) is 33.9 Å². The highest BCUT2D eigenvalue weighted by molar-refractivity contribution is 5.45. The van der Waals surface area contributed by atoms with E-state index in [2.05, 4.69) is 0 Å². The molecule has 1 saturated carbocycles. The Kier molecular flexibility index (Phi) is 3.81. The van der Waals surface area contributed by atoms with Gasteiger partial charge in [0.2, 0.25) is 0 Å². The first-order valence-corrected chi connectivity index (χ1v) is 6.23. The predicted molar refractivity (Wildman–Crippen MR) is 68.6 cm³/mol. The van der Waals surface area contributed by atoms with Gasteiger partial charge in [-0.05, 0) is 44.9 Å². The Bertz CT molecular complexity index is 448. The van der Waals surface area contributed by atoms with E-state index in [4.69, 9.17) is 10.5 Å². The highest BCUT2D eigenvalue weighted by atomic mass is 16.6. The third-order valence-electron chi connectivity index (χ3n) is 3.56. The van der Waals surface area contributed by atoms with Crippen molar-refractivity contribution < 1.29 is 9.66 Å². The summed E-state index contributed by atoms with van der Waals surface area (Å²) in [6.07, 6.45) is 3.26. The molecule has 2 atom stereocenters. The molecule has 5 nitrogen and oxygen atoms in total. The molecule has 0 aliphatic heterocycles. The Morgan fingerprint density at radius 3 is 2.94 bits per heavy atom. The molecule has 0 radical (unpaired) electrons. The van der Waals surface area contributed by atoms with Crippen molar-refractivity contribution in [2.24, 2.45) is 11.7 Å². The molecule has 2 N–H and O–H groups in total. The first-order chi connectivity index (χ1) is 8.61. The molecule has 1 fully saturated rings. The minimum atomic E-state index is -0.378. The van der Waals surface area contributed by atoms with Crippen LogP contribution in [0.5, 0.6) is 5.75 Å². The second kappa shape index (κ2) is 5.35. The second-order valence-corrected chi connectivity index (χ2v) is 4.79. The highest BCUT2D eigenvalue weighted by Gasteiger charge is 2.28. The van der Waals surface area contributed by atoms with E-state index in [0.29, 0.717) is 23.8 Å². The molecule has 98 valence electrons. The van der Waals surface area contributed by atoms with Gasteiger partial charge in [-0.25, -0.2) is 0 Å². The van der Waals surface area contributed by atoms with Gasteiger partial charge < -0.3 is 10.5 Å². The molecular formula is C13H18N2O3. The van der Waals surface area contributed by atoms with Crippen molar-refractivity contribution in [3.8, 4) is 5.75 Å². The number of nitrogens with zero attached hydrogens (tertiary/aromatic N) is 1. The summed E-state index contributed by atoms with van der Waals surface area (Å²) in [5, 5.41) is 10.9. The van der Waals surface area contributed by atoms with Gasteiger partial charge in [-0.15, -0.1) is 0 Å². The van der Waals surface area contributed by atoms with Crippen LogP contribution in [0.15, 0.2) is 18.2 Å². The number of nitro benzene ring substituents is 1. The molecule has 1 aliphatic carbocycles. The van der Waals surface area contributed by atoms with Gasteiger partial charge in [0.1, 0.15) is 11.9 Å². The number of hydrogen-bond acceptors (Lipinski definition) is 4. The lowest BCUT2D eigenvalue weighted by Gasteiger charge is -2.19. The molecule has 0 heterocycles. The van der Waals surface area contributed by atoms with Crippen LogP contribution >= 0.6 is 0 Å². The van der Waals surface area contributed by atoms with E-state index in [1.54, 1.807) is 19.1 Å². The van der Waals surface area contributed by atoms with Crippen LogP contribution in [0.2, 0.25) is 0 Å². The summed E-state index contributed by atoms with van der Waals surface area (Å²) in [7, 11) is 0. The molecule has 1 aromatic rings. The van der Waals surface area contributed by atoms with Gasteiger partial charge in [0, 0.05) is 11.5 Å². The molecule has 0 aromatic heterocycles. The highest BCUT2D eigenvalue weighted by Crippen LogP contribution is 2.31. The molecule has 0 amide bonds. The molecule has 0 bridgehead atoms. The Balaban J connectivity index is 2.14. The molecule has 2 unspecified atom stereocenters. The maximum absolute atomic E-state index is 10.9. The number of aryl methyl sites for hydroxylation is 1. The summed E-state index contributed by atoms with van der Waals surface area (Å²) >= 11 is 0. The fourth-order valence-electron chi connectivity index (χ4n) is 2.46. The lowest BCUT2D eigenvalue weighted by molar-refractivity contribution is -0.385. The summed E-state index contributed by atoms with van der Waals surface area (Å²) in [5.41, 5.74) is 6.45. The summed E-state index contributed by atoms with van der Waals surface area (Å²) < 4.78 is 5.84. The largest absolute Gasteiger partial charge is 0.490 e. The SMILES string of the molecule is Cc1ccc(OC2CCCC2CN)cc1[N+](=O)[O-]. The number of rotatable bonds is 4. The molecule has 18 heavy (non-hydrogen) atoms. The Hall–Kier alpha value is -1.62. The minimum absolute atomic E-state index is 0.0947. The van der Waals surface area contributed by atoms with Gasteiger partial charge in [-0.1, -0.05) is 0 Å². The fraction of sp³-hybridized carbons (Fsp3) is 0.538. The average molecular weight is 250 g/mol. The van der Waals surface area contributed by atoms with Gasteiger partial charge in [-0.3, -0.25) is 10.1 Å². The Morgan fingerprint density at radius 1 is 1.50 bits per heavy atom. The third kappa shape index (κ3) is 2.61. The number of benzene rings is 1. The molecule has 5 heteroatoms. The zero-order valence-electron chi connectivity index (χ0n) is 10.5. The average Bonchev–Trinajstić information content (AvgIpc) is 2.78. The second-order valence-electron chi connectivity index (χ2n) is 4.79. The lowest BCUT2D eigenvalue weighted by Crippen LogP contribution is -2.27. The van der Waals surface area contributed by atoms with E-state index in [-0.39, 0.29) is 16.7 Å². The van der Waals surface area contributed by atoms with E-state index in [1.165, 1.54) is 6.07 Å². The van der Waals surface area contributed by atoms with Crippen LogP contribution in [0.3, 0.4) is 0 Å². The van der Waals surface area contributed by atoms with Crippen molar-refractivity contribution in [2.45, 2.75) is 32.3 Å². The van der Waals surface area contributed by atoms with Gasteiger partial charge in [0.25, 0.3) is 5.69 Å². The minimum Gasteiger partial charge on any atom is -0.490 e. The number of hydrogen-bond donors (Lipinski definition) is 1.